The van der Waals surface area contributed by atoms with Gasteiger partial charge in [0, 0.05) is 0 Å². The lowest BCUT2D eigenvalue weighted by Crippen LogP contribution is -2.25. The number of hydrogen-bond acceptors (Lipinski definition) is 3. The van der Waals surface area contributed by atoms with E-state index < -0.39 is 6.03 Å². The van der Waals surface area contributed by atoms with Crippen LogP contribution < -0.4 is 11.2 Å². The molecule has 0 aliphatic rings. The standard InChI is InChI=1S/C7H9N3O2/c1-5(9-10-7(8)11)6-3-2-4-12-6/h2-4H,1H3,(H3,8,10,11). The molecule has 0 saturated carbocycles. The second-order valence-electron chi connectivity index (χ2n) is 2.15. The molecule has 0 aliphatic carbocycles. The van der Waals surface area contributed by atoms with Crippen LogP contribution in [-0.2, 0) is 0 Å². The van der Waals surface area contributed by atoms with Crippen LogP contribution in [0.3, 0.4) is 0 Å². The van der Waals surface area contributed by atoms with E-state index in [9.17, 15) is 4.79 Å². The van der Waals surface area contributed by atoms with E-state index in [1.54, 1.807) is 19.1 Å². The summed E-state index contributed by atoms with van der Waals surface area (Å²) < 4.78 is 5.00. The Morgan fingerprint density at radius 1 is 1.75 bits per heavy atom. The number of hydrazone groups is 1. The van der Waals surface area contributed by atoms with Crippen molar-refractivity contribution in [3.05, 3.63) is 24.2 Å². The van der Waals surface area contributed by atoms with Gasteiger partial charge in [0.2, 0.25) is 0 Å². The van der Waals surface area contributed by atoms with E-state index in [1.807, 2.05) is 0 Å². The maximum atomic E-state index is 10.2. The van der Waals surface area contributed by atoms with Crippen LogP contribution in [0.5, 0.6) is 0 Å². The van der Waals surface area contributed by atoms with Gasteiger partial charge in [0.1, 0.15) is 11.5 Å². The number of furan rings is 1. The molecule has 5 nitrogen and oxygen atoms in total. The van der Waals surface area contributed by atoms with Gasteiger partial charge in [-0.25, -0.2) is 10.2 Å². The Morgan fingerprint density at radius 2 is 2.50 bits per heavy atom. The smallest absolute Gasteiger partial charge is 0.332 e. The largest absolute Gasteiger partial charge is 0.463 e. The molecular formula is C7H9N3O2. The molecule has 1 aromatic rings. The molecule has 0 aromatic carbocycles. The number of nitrogens with two attached hydrogens (primary N) is 1. The van der Waals surface area contributed by atoms with Gasteiger partial charge in [-0.2, -0.15) is 5.10 Å². The molecule has 1 rings (SSSR count). The number of amides is 2. The minimum Gasteiger partial charge on any atom is -0.463 e. The summed E-state index contributed by atoms with van der Waals surface area (Å²) in [7, 11) is 0. The number of carbonyl (C=O) groups excluding carboxylic acids is 1. The van der Waals surface area contributed by atoms with E-state index in [-0.39, 0.29) is 0 Å². The van der Waals surface area contributed by atoms with Crippen LogP contribution in [0.15, 0.2) is 27.9 Å². The molecular weight excluding hydrogens is 158 g/mol. The first-order chi connectivity index (χ1) is 5.70. The van der Waals surface area contributed by atoms with E-state index in [0.29, 0.717) is 11.5 Å². The van der Waals surface area contributed by atoms with Crippen LogP contribution in [0.2, 0.25) is 0 Å². The van der Waals surface area contributed by atoms with Crippen molar-refractivity contribution in [2.45, 2.75) is 6.92 Å². The van der Waals surface area contributed by atoms with Crippen LogP contribution in [0.4, 0.5) is 4.79 Å². The number of urea groups is 1. The van der Waals surface area contributed by atoms with E-state index in [4.69, 9.17) is 10.2 Å². The highest BCUT2D eigenvalue weighted by molar-refractivity contribution is 5.96. The van der Waals surface area contributed by atoms with E-state index in [1.165, 1.54) is 6.26 Å². The molecule has 0 radical (unpaired) electrons. The van der Waals surface area contributed by atoms with Gasteiger partial charge in [-0.3, -0.25) is 0 Å². The molecule has 0 aliphatic heterocycles. The first-order valence-electron chi connectivity index (χ1n) is 3.34. The molecule has 1 aromatic heterocycles. The highest BCUT2D eigenvalue weighted by atomic mass is 16.3. The Kier molecular flexibility index (Phi) is 2.47. The van der Waals surface area contributed by atoms with Crippen LogP contribution in [0, 0.1) is 0 Å². The third kappa shape index (κ3) is 2.12. The number of nitrogens with one attached hydrogen (secondary N) is 1. The zero-order valence-electron chi connectivity index (χ0n) is 6.57. The molecule has 0 spiro atoms. The van der Waals surface area contributed by atoms with Gasteiger partial charge in [0.15, 0.2) is 0 Å². The predicted octanol–water partition coefficient (Wildman–Crippen LogP) is 0.672. The molecule has 0 saturated heterocycles. The average Bonchev–Trinajstić information content (AvgIpc) is 2.51. The molecule has 0 unspecified atom stereocenters. The van der Waals surface area contributed by atoms with Gasteiger partial charge < -0.3 is 10.2 Å². The topological polar surface area (TPSA) is 80.6 Å². The molecule has 0 fully saturated rings. The van der Waals surface area contributed by atoms with Crippen molar-refractivity contribution in [3.63, 3.8) is 0 Å². The van der Waals surface area contributed by atoms with Crippen LogP contribution in [0.25, 0.3) is 0 Å². The molecule has 0 atom stereocenters. The van der Waals surface area contributed by atoms with Gasteiger partial charge in [-0.1, -0.05) is 0 Å². The number of rotatable bonds is 2. The number of carbonyl (C=O) groups is 1. The summed E-state index contributed by atoms with van der Waals surface area (Å²) in [5, 5.41) is 3.66. The lowest BCUT2D eigenvalue weighted by atomic mass is 10.3. The molecule has 2 amide bonds. The Labute approximate surface area is 69.2 Å². The second-order valence-corrected chi connectivity index (χ2v) is 2.15. The van der Waals surface area contributed by atoms with Crippen molar-refractivity contribution in [3.8, 4) is 0 Å². The first-order valence-corrected chi connectivity index (χ1v) is 3.34. The maximum absolute atomic E-state index is 10.2. The van der Waals surface area contributed by atoms with Gasteiger partial charge in [-0.15, -0.1) is 0 Å². The SMILES string of the molecule is CC(=NNC(N)=O)c1ccco1. The summed E-state index contributed by atoms with van der Waals surface area (Å²) in [6, 6.07) is 2.78. The third-order valence-electron chi connectivity index (χ3n) is 1.21. The summed E-state index contributed by atoms with van der Waals surface area (Å²) in [5.41, 5.74) is 7.48. The number of nitrogens with zero attached hydrogens (tertiary/aromatic N) is 1. The summed E-state index contributed by atoms with van der Waals surface area (Å²) >= 11 is 0. The second kappa shape index (κ2) is 3.56. The highest BCUT2D eigenvalue weighted by Gasteiger charge is 1.99. The normalized spacial score (nSPS) is 11.2. The van der Waals surface area contributed by atoms with Crippen molar-refractivity contribution < 1.29 is 9.21 Å². The molecule has 64 valence electrons. The average molecular weight is 167 g/mol. The Hall–Kier alpha value is -1.78. The predicted molar refractivity (Wildman–Crippen MR) is 43.6 cm³/mol. The Bertz CT molecular complexity index is 290. The zero-order chi connectivity index (χ0) is 8.97. The van der Waals surface area contributed by atoms with Gasteiger partial charge in [-0.05, 0) is 19.1 Å². The maximum Gasteiger partial charge on any atom is 0.332 e. The van der Waals surface area contributed by atoms with E-state index >= 15 is 0 Å². The van der Waals surface area contributed by atoms with Crippen molar-refractivity contribution >= 4 is 11.7 Å². The van der Waals surface area contributed by atoms with Crippen molar-refractivity contribution in [2.24, 2.45) is 10.8 Å². The summed E-state index contributed by atoms with van der Waals surface area (Å²) in [6.07, 6.45) is 1.53. The zero-order valence-corrected chi connectivity index (χ0v) is 6.57. The quantitative estimate of drug-likeness (QED) is 0.501. The fraction of sp³-hybridized carbons (Fsp3) is 0.143. The number of primary amides is 1. The number of hydrogen-bond donors (Lipinski definition) is 2. The fourth-order valence-corrected chi connectivity index (χ4v) is 0.678. The minimum absolute atomic E-state index is 0.568. The highest BCUT2D eigenvalue weighted by Crippen LogP contribution is 2.00. The van der Waals surface area contributed by atoms with Crippen LogP contribution in [0.1, 0.15) is 12.7 Å². The Morgan fingerprint density at radius 3 is 3.00 bits per heavy atom. The van der Waals surface area contributed by atoms with E-state index in [2.05, 4.69) is 10.5 Å². The summed E-state index contributed by atoms with van der Waals surface area (Å²) in [5.74, 6) is 0.601. The monoisotopic (exact) mass is 167 g/mol. The lowest BCUT2D eigenvalue weighted by Gasteiger charge is -1.94. The lowest BCUT2D eigenvalue weighted by molar-refractivity contribution is 0.249. The van der Waals surface area contributed by atoms with Crippen molar-refractivity contribution in [1.29, 1.82) is 0 Å². The van der Waals surface area contributed by atoms with Crippen LogP contribution >= 0.6 is 0 Å². The van der Waals surface area contributed by atoms with Gasteiger partial charge in [0.05, 0.1) is 6.26 Å². The van der Waals surface area contributed by atoms with Gasteiger partial charge >= 0.3 is 6.03 Å². The van der Waals surface area contributed by atoms with E-state index in [0.717, 1.165) is 0 Å². The first kappa shape index (κ1) is 8.32. The summed E-state index contributed by atoms with van der Waals surface area (Å²) in [6.45, 7) is 1.70. The van der Waals surface area contributed by atoms with Crippen molar-refractivity contribution in [1.82, 2.24) is 5.43 Å². The molecule has 12 heavy (non-hydrogen) atoms. The fourth-order valence-electron chi connectivity index (χ4n) is 0.678. The van der Waals surface area contributed by atoms with Gasteiger partial charge in [0.25, 0.3) is 0 Å². The summed E-state index contributed by atoms with van der Waals surface area (Å²) in [4.78, 5) is 10.2. The van der Waals surface area contributed by atoms with Crippen molar-refractivity contribution in [2.75, 3.05) is 0 Å². The minimum atomic E-state index is -0.694. The molecule has 0 bridgehead atoms. The molecule has 5 heteroatoms. The molecule has 1 heterocycles. The van der Waals surface area contributed by atoms with Crippen LogP contribution in [-0.4, -0.2) is 11.7 Å². The Balaban J connectivity index is 2.65. The third-order valence-corrected chi connectivity index (χ3v) is 1.21. The molecule has 3 N–H and O–H groups in total.